The third-order valence-electron chi connectivity index (χ3n) is 18.7. The van der Waals surface area contributed by atoms with Crippen molar-refractivity contribution in [2.45, 2.75) is 147 Å². The molecule has 58 heavy (non-hydrogen) atoms. The average Bonchev–Trinajstić information content (AvgIpc) is 3.43. The largest absolute Gasteiger partial charge is 0.469 e. The number of furan rings is 1. The van der Waals surface area contributed by atoms with E-state index in [0.29, 0.717) is 61.3 Å². The summed E-state index contributed by atoms with van der Waals surface area (Å²) in [6.07, 6.45) is 9.45. The second-order valence-corrected chi connectivity index (χ2v) is 21.5. The zero-order chi connectivity index (χ0) is 40.3. The second kappa shape index (κ2) is 12.6. The van der Waals surface area contributed by atoms with Crippen LogP contribution in [0.3, 0.4) is 0 Å². The molecule has 0 aromatic carbocycles. The maximum atomic E-state index is 15.1. The maximum absolute atomic E-state index is 15.1. The highest BCUT2D eigenvalue weighted by atomic mass is 16.7. The Morgan fingerprint density at radius 3 is 2.66 bits per heavy atom. The number of nitrogens with zero attached hydrogens (tertiary/aromatic N) is 1. The normalized spacial score (nSPS) is 52.3. The number of rotatable bonds is 6. The third kappa shape index (κ3) is 4.73. The van der Waals surface area contributed by atoms with E-state index >= 15 is 4.79 Å². The summed E-state index contributed by atoms with van der Waals surface area (Å²) < 4.78 is 32.3. The third-order valence-corrected chi connectivity index (χ3v) is 18.7. The van der Waals surface area contributed by atoms with Crippen LogP contribution in [0.5, 0.6) is 0 Å². The summed E-state index contributed by atoms with van der Waals surface area (Å²) in [4.78, 5) is 44.7. The van der Waals surface area contributed by atoms with Gasteiger partial charge in [0, 0.05) is 40.8 Å². The molecule has 0 radical (unpaired) electrons. The first kappa shape index (κ1) is 38.2. The molecule has 316 valence electrons. The van der Waals surface area contributed by atoms with Gasteiger partial charge in [0.15, 0.2) is 11.9 Å². The number of carbonyl (C=O) groups excluding carboxylic acids is 3. The van der Waals surface area contributed by atoms with E-state index in [0.717, 1.165) is 50.2 Å². The summed E-state index contributed by atoms with van der Waals surface area (Å²) in [6.45, 7) is 12.3. The second-order valence-electron chi connectivity index (χ2n) is 21.5. The summed E-state index contributed by atoms with van der Waals surface area (Å²) in [5, 5.41) is 27.9. The van der Waals surface area contributed by atoms with Gasteiger partial charge < -0.3 is 38.5 Å². The first-order valence-electron chi connectivity index (χ1n) is 22.5. The van der Waals surface area contributed by atoms with Crippen LogP contribution in [-0.4, -0.2) is 94.3 Å². The van der Waals surface area contributed by atoms with Crippen LogP contribution in [0, 0.1) is 63.6 Å². The van der Waals surface area contributed by atoms with Crippen LogP contribution >= 0.6 is 0 Å². The van der Waals surface area contributed by atoms with Gasteiger partial charge in [0.25, 0.3) is 0 Å². The Morgan fingerprint density at radius 1 is 1.02 bits per heavy atom. The van der Waals surface area contributed by atoms with Crippen LogP contribution in [0.15, 0.2) is 29.0 Å². The Balaban J connectivity index is 0.932. The fraction of sp³-hybridized carbons (Fsp3) is 0.804. The molecule has 12 nitrogen and oxygen atoms in total. The van der Waals surface area contributed by atoms with Crippen molar-refractivity contribution in [2.24, 2.45) is 63.6 Å². The summed E-state index contributed by atoms with van der Waals surface area (Å²) in [7, 11) is 0. The molecule has 5 saturated heterocycles. The number of Topliss-reactive ketones (excluding diaryl/α,β-unsaturated/α-hetero) is 1. The van der Waals surface area contributed by atoms with Crippen molar-refractivity contribution in [1.29, 1.82) is 0 Å². The lowest BCUT2D eigenvalue weighted by Gasteiger charge is -2.66. The zero-order valence-corrected chi connectivity index (χ0v) is 34.7. The number of esters is 2. The molecule has 10 aliphatic rings. The molecule has 4 saturated carbocycles. The molecule has 0 amide bonds. The first-order valence-corrected chi connectivity index (χ1v) is 22.5. The van der Waals surface area contributed by atoms with Gasteiger partial charge >= 0.3 is 11.9 Å². The van der Waals surface area contributed by atoms with Crippen molar-refractivity contribution in [3.63, 3.8) is 0 Å². The Morgan fingerprint density at radius 2 is 1.84 bits per heavy atom. The van der Waals surface area contributed by atoms with Crippen LogP contribution in [0.25, 0.3) is 0 Å². The number of hydrogen-bond donors (Lipinski definition) is 3. The van der Waals surface area contributed by atoms with E-state index in [9.17, 15) is 19.8 Å². The van der Waals surface area contributed by atoms with E-state index in [-0.39, 0.29) is 36.6 Å². The van der Waals surface area contributed by atoms with Gasteiger partial charge in [-0.2, -0.15) is 0 Å². The molecule has 6 aliphatic heterocycles. The molecule has 1 aromatic heterocycles. The van der Waals surface area contributed by atoms with Gasteiger partial charge in [0.05, 0.1) is 43.1 Å². The molecular weight excluding hydrogens is 741 g/mol. The van der Waals surface area contributed by atoms with Gasteiger partial charge in [-0.15, -0.1) is 0 Å². The predicted molar refractivity (Wildman–Crippen MR) is 207 cm³/mol. The average molecular weight is 803 g/mol. The van der Waals surface area contributed by atoms with Crippen LogP contribution in [0.1, 0.15) is 110 Å². The Hall–Kier alpha value is -2.77. The van der Waals surface area contributed by atoms with E-state index in [1.165, 1.54) is 6.42 Å². The molecule has 12 heteroatoms. The minimum Gasteiger partial charge on any atom is -0.469 e. The Bertz CT molecular complexity index is 1930. The number of allylic oxidation sites excluding steroid dienone is 1. The number of fused-ring (bicyclic) bond motifs is 5. The van der Waals surface area contributed by atoms with E-state index < -0.39 is 69.9 Å². The number of carbonyl (C=O) groups is 3. The topological polar surface area (TPSA) is 160 Å². The molecule has 1 aromatic rings. The molecule has 4 aliphatic carbocycles. The number of ketones is 1. The Kier molecular flexibility index (Phi) is 8.32. The lowest BCUT2D eigenvalue weighted by molar-refractivity contribution is -0.252. The molecule has 3 N–H and O–H groups in total. The van der Waals surface area contributed by atoms with Crippen molar-refractivity contribution in [3.05, 3.63) is 35.9 Å². The number of nitrogens with one attached hydrogen (secondary N) is 1. The van der Waals surface area contributed by atoms with Crippen LogP contribution in [-0.2, 0) is 39.8 Å². The number of cyclic esters (lactones) is 2. The molecule has 11 rings (SSSR count). The standard InChI is InChI=1S/C46H62N2O10/c1-23(2)8-13-43(4)37-36(51)38(52)44(5)33(45(37)21-55-35(50)19-34(45)57-43)9-12-42(3)39(56-41(53)40-46(42,44)58-40)26-11-15-54-32(26)18-29-27-16-25-10-14-48-22-47-20-30(48)28(25)17-24(27)6-7-31(29)49/h10-11,14-15,23-25,27-31,33-34,37-40,47,49,52H,6-9,12-13,16-22H2,1-5H3. The van der Waals surface area contributed by atoms with Crippen molar-refractivity contribution >= 4 is 17.7 Å². The first-order chi connectivity index (χ1) is 27.7. The number of aliphatic hydroxyl groups is 2. The lowest BCUT2D eigenvalue weighted by atomic mass is 9.36. The molecule has 18 unspecified atom stereocenters. The molecule has 9 fully saturated rings. The minimum absolute atomic E-state index is 0.00380. The highest BCUT2D eigenvalue weighted by Gasteiger charge is 2.91. The van der Waals surface area contributed by atoms with E-state index in [2.05, 4.69) is 43.3 Å². The highest BCUT2D eigenvalue weighted by molar-refractivity contribution is 5.92. The van der Waals surface area contributed by atoms with E-state index in [4.69, 9.17) is 23.4 Å². The highest BCUT2D eigenvalue weighted by Crippen LogP contribution is 2.80. The van der Waals surface area contributed by atoms with Crippen LogP contribution < -0.4 is 5.32 Å². The number of aliphatic hydroxyl groups excluding tert-OH is 2. The fourth-order valence-electron chi connectivity index (χ4n) is 16.1. The minimum atomic E-state index is -1.43. The maximum Gasteiger partial charge on any atom is 0.339 e. The molecule has 2 spiro atoms. The van der Waals surface area contributed by atoms with Gasteiger partial charge in [0.1, 0.15) is 30.2 Å². The smallest absolute Gasteiger partial charge is 0.339 e. The number of ether oxygens (including phenoxy) is 4. The SMILES string of the molecule is CC(C)CCC1(C)OC2CC(=O)OCC23C1C(=O)C(O)C1(C)C3CCC2(C)C(c3ccoc3CC3C(O)CCC4CC5C(C=CN6CNCC56)CC43)OC(=O)C3OC321. The monoisotopic (exact) mass is 802 g/mol. The van der Waals surface area contributed by atoms with Crippen molar-refractivity contribution in [2.75, 3.05) is 19.8 Å². The van der Waals surface area contributed by atoms with Crippen LogP contribution in [0.4, 0.5) is 0 Å². The summed E-state index contributed by atoms with van der Waals surface area (Å²) in [6, 6.07) is 2.45. The number of epoxide rings is 1. The lowest BCUT2D eigenvalue weighted by Crippen LogP contribution is -2.76. The van der Waals surface area contributed by atoms with Gasteiger partial charge in [0.2, 0.25) is 0 Å². The molecule has 0 bridgehead atoms. The van der Waals surface area contributed by atoms with Crippen molar-refractivity contribution < 1.29 is 48.0 Å². The fourth-order valence-corrected chi connectivity index (χ4v) is 16.1. The van der Waals surface area contributed by atoms with Gasteiger partial charge in [-0.25, -0.2) is 4.79 Å². The quantitative estimate of drug-likeness (QED) is 0.266. The van der Waals surface area contributed by atoms with Crippen molar-refractivity contribution in [1.82, 2.24) is 10.2 Å². The van der Waals surface area contributed by atoms with Gasteiger partial charge in [-0.3, -0.25) is 14.9 Å². The van der Waals surface area contributed by atoms with Gasteiger partial charge in [-0.05, 0) is 112 Å². The zero-order valence-electron chi connectivity index (χ0n) is 34.7. The number of hydrogen-bond acceptors (Lipinski definition) is 12. The predicted octanol–water partition coefficient (Wildman–Crippen LogP) is 4.86. The molecular formula is C46H62N2O10. The van der Waals surface area contributed by atoms with Crippen LogP contribution in [0.2, 0.25) is 0 Å². The van der Waals surface area contributed by atoms with E-state index in [1.54, 1.807) is 6.26 Å². The van der Waals surface area contributed by atoms with Gasteiger partial charge in [-0.1, -0.05) is 33.8 Å². The van der Waals surface area contributed by atoms with E-state index in [1.807, 2.05) is 19.9 Å². The molecule has 7 heterocycles. The molecule has 18 atom stereocenters. The van der Waals surface area contributed by atoms with Crippen molar-refractivity contribution in [3.8, 4) is 0 Å². The summed E-state index contributed by atoms with van der Waals surface area (Å²) in [5.74, 6) is 0.937. The summed E-state index contributed by atoms with van der Waals surface area (Å²) in [5.41, 5.74) is -4.24. The summed E-state index contributed by atoms with van der Waals surface area (Å²) >= 11 is 0. The Labute approximate surface area is 341 Å².